The zero-order chi connectivity index (χ0) is 10.0. The molecule has 0 aliphatic heterocycles. The summed E-state index contributed by atoms with van der Waals surface area (Å²) < 4.78 is 13.1. The SMILES string of the molecule is NC[C@@H](N)c1c(F)ccc(Cl)c1O. The molecule has 72 valence electrons. The van der Waals surface area contributed by atoms with E-state index in [1.807, 2.05) is 0 Å². The fourth-order valence-electron chi connectivity index (χ4n) is 1.03. The van der Waals surface area contributed by atoms with Crippen molar-refractivity contribution in [1.29, 1.82) is 0 Å². The molecule has 0 saturated heterocycles. The summed E-state index contributed by atoms with van der Waals surface area (Å²) in [6.07, 6.45) is 0. The van der Waals surface area contributed by atoms with Crippen LogP contribution in [0.2, 0.25) is 5.02 Å². The van der Waals surface area contributed by atoms with E-state index in [9.17, 15) is 9.50 Å². The lowest BCUT2D eigenvalue weighted by Gasteiger charge is -2.12. The number of benzene rings is 1. The normalized spacial score (nSPS) is 12.9. The van der Waals surface area contributed by atoms with Gasteiger partial charge in [-0.2, -0.15) is 0 Å². The van der Waals surface area contributed by atoms with Crippen molar-refractivity contribution in [2.75, 3.05) is 6.54 Å². The minimum atomic E-state index is -0.737. The molecule has 13 heavy (non-hydrogen) atoms. The minimum absolute atomic E-state index is 0.0324. The number of aromatic hydroxyl groups is 1. The largest absolute Gasteiger partial charge is 0.506 e. The lowest BCUT2D eigenvalue weighted by Crippen LogP contribution is -2.22. The molecule has 5 heteroatoms. The summed E-state index contributed by atoms with van der Waals surface area (Å²) in [4.78, 5) is 0. The first kappa shape index (κ1) is 10.2. The standard InChI is InChI=1S/C8H10ClFN2O/c9-4-1-2-5(10)7(8(4)13)6(12)3-11/h1-2,6,13H,3,11-12H2/t6-/m1/s1. The Morgan fingerprint density at radius 3 is 2.69 bits per heavy atom. The van der Waals surface area contributed by atoms with Gasteiger partial charge in [-0.25, -0.2) is 4.39 Å². The van der Waals surface area contributed by atoms with Gasteiger partial charge in [0.1, 0.15) is 11.6 Å². The van der Waals surface area contributed by atoms with Crippen molar-refractivity contribution in [2.24, 2.45) is 11.5 Å². The molecule has 0 heterocycles. The Morgan fingerprint density at radius 1 is 1.54 bits per heavy atom. The van der Waals surface area contributed by atoms with Crippen LogP contribution in [0.4, 0.5) is 4.39 Å². The summed E-state index contributed by atoms with van der Waals surface area (Å²) in [6.45, 7) is 0.0465. The average Bonchev–Trinajstić information content (AvgIpc) is 2.12. The van der Waals surface area contributed by atoms with Gasteiger partial charge in [0.15, 0.2) is 0 Å². The van der Waals surface area contributed by atoms with Crippen molar-refractivity contribution in [2.45, 2.75) is 6.04 Å². The van der Waals surface area contributed by atoms with Crippen LogP contribution >= 0.6 is 11.6 Å². The molecule has 0 fully saturated rings. The number of hydrogen-bond acceptors (Lipinski definition) is 3. The molecule has 0 unspecified atom stereocenters. The molecule has 1 aromatic carbocycles. The van der Waals surface area contributed by atoms with Crippen LogP contribution in [-0.4, -0.2) is 11.7 Å². The van der Waals surface area contributed by atoms with Gasteiger partial charge in [0.2, 0.25) is 0 Å². The highest BCUT2D eigenvalue weighted by Gasteiger charge is 2.16. The van der Waals surface area contributed by atoms with Crippen LogP contribution in [-0.2, 0) is 0 Å². The molecule has 0 aromatic heterocycles. The molecular weight excluding hydrogens is 195 g/mol. The van der Waals surface area contributed by atoms with E-state index in [1.165, 1.54) is 6.07 Å². The Hall–Kier alpha value is -0.840. The first-order valence-electron chi connectivity index (χ1n) is 3.70. The van der Waals surface area contributed by atoms with E-state index < -0.39 is 11.9 Å². The monoisotopic (exact) mass is 204 g/mol. The quantitative estimate of drug-likeness (QED) is 0.677. The van der Waals surface area contributed by atoms with Crippen molar-refractivity contribution in [1.82, 2.24) is 0 Å². The van der Waals surface area contributed by atoms with Crippen LogP contribution in [0.3, 0.4) is 0 Å². The molecule has 1 atom stereocenters. The fraction of sp³-hybridized carbons (Fsp3) is 0.250. The zero-order valence-corrected chi connectivity index (χ0v) is 7.55. The van der Waals surface area contributed by atoms with Crippen molar-refractivity contribution in [3.8, 4) is 5.75 Å². The molecule has 0 radical (unpaired) electrons. The second kappa shape index (κ2) is 3.91. The summed E-state index contributed by atoms with van der Waals surface area (Å²) >= 11 is 5.57. The topological polar surface area (TPSA) is 72.3 Å². The second-order valence-electron chi connectivity index (χ2n) is 2.63. The molecule has 0 amide bonds. The van der Waals surface area contributed by atoms with Gasteiger partial charge in [0.05, 0.1) is 5.02 Å². The van der Waals surface area contributed by atoms with Crippen molar-refractivity contribution in [3.05, 3.63) is 28.5 Å². The Labute approximate surface area is 80.1 Å². The summed E-state index contributed by atoms with van der Waals surface area (Å²) in [5.74, 6) is -0.931. The molecule has 1 rings (SSSR count). The number of hydrogen-bond donors (Lipinski definition) is 3. The van der Waals surface area contributed by atoms with Crippen molar-refractivity contribution < 1.29 is 9.50 Å². The second-order valence-corrected chi connectivity index (χ2v) is 3.04. The van der Waals surface area contributed by atoms with E-state index in [2.05, 4.69) is 0 Å². The number of nitrogens with two attached hydrogens (primary N) is 2. The Bertz CT molecular complexity index is 319. The summed E-state index contributed by atoms with van der Waals surface area (Å²) in [6, 6.07) is 1.67. The van der Waals surface area contributed by atoms with Crippen molar-refractivity contribution in [3.63, 3.8) is 0 Å². The molecule has 0 aliphatic rings. The number of phenols is 1. The van der Waals surface area contributed by atoms with Gasteiger partial charge in [0, 0.05) is 18.2 Å². The highest BCUT2D eigenvalue weighted by Crippen LogP contribution is 2.32. The lowest BCUT2D eigenvalue weighted by atomic mass is 10.1. The number of phenolic OH excluding ortho intramolecular Hbond substituents is 1. The van der Waals surface area contributed by atoms with Crippen molar-refractivity contribution >= 4 is 11.6 Å². The van der Waals surface area contributed by atoms with Crippen LogP contribution in [0.15, 0.2) is 12.1 Å². The van der Waals surface area contributed by atoms with Crippen LogP contribution in [0.5, 0.6) is 5.75 Å². The third-order valence-corrected chi connectivity index (χ3v) is 2.04. The average molecular weight is 205 g/mol. The summed E-state index contributed by atoms with van der Waals surface area (Å²) in [5, 5.41) is 9.44. The molecule has 0 saturated carbocycles. The fourth-order valence-corrected chi connectivity index (χ4v) is 1.19. The lowest BCUT2D eigenvalue weighted by molar-refractivity contribution is 0.450. The van der Waals surface area contributed by atoms with E-state index in [0.29, 0.717) is 0 Å². The maximum Gasteiger partial charge on any atom is 0.141 e. The third kappa shape index (κ3) is 1.91. The first-order valence-corrected chi connectivity index (χ1v) is 4.08. The van der Waals surface area contributed by atoms with Gasteiger partial charge in [-0.05, 0) is 12.1 Å². The van der Waals surface area contributed by atoms with Crippen LogP contribution in [0, 0.1) is 5.82 Å². The van der Waals surface area contributed by atoms with Gasteiger partial charge in [0.25, 0.3) is 0 Å². The third-order valence-electron chi connectivity index (χ3n) is 1.74. The first-order chi connectivity index (χ1) is 6.07. The zero-order valence-electron chi connectivity index (χ0n) is 6.80. The highest BCUT2D eigenvalue weighted by molar-refractivity contribution is 6.32. The highest BCUT2D eigenvalue weighted by atomic mass is 35.5. The number of rotatable bonds is 2. The number of halogens is 2. The molecule has 0 aliphatic carbocycles. The van der Waals surface area contributed by atoms with Gasteiger partial charge in [-0.3, -0.25) is 0 Å². The van der Waals surface area contributed by atoms with Gasteiger partial charge >= 0.3 is 0 Å². The molecule has 3 nitrogen and oxygen atoms in total. The molecule has 0 bridgehead atoms. The molecule has 1 aromatic rings. The summed E-state index contributed by atoms with van der Waals surface area (Å²) in [5.41, 5.74) is 10.7. The Morgan fingerprint density at radius 2 is 2.15 bits per heavy atom. The molecule has 5 N–H and O–H groups in total. The van der Waals surface area contributed by atoms with Crippen LogP contribution in [0.25, 0.3) is 0 Å². The van der Waals surface area contributed by atoms with E-state index in [-0.39, 0.29) is 22.9 Å². The van der Waals surface area contributed by atoms with E-state index in [1.54, 1.807) is 0 Å². The van der Waals surface area contributed by atoms with Gasteiger partial charge in [-0.15, -0.1) is 0 Å². The maximum absolute atomic E-state index is 13.1. The predicted molar refractivity (Wildman–Crippen MR) is 49.1 cm³/mol. The summed E-state index contributed by atoms with van der Waals surface area (Å²) in [7, 11) is 0. The smallest absolute Gasteiger partial charge is 0.141 e. The van der Waals surface area contributed by atoms with Gasteiger partial charge < -0.3 is 16.6 Å². The molecule has 0 spiro atoms. The van der Waals surface area contributed by atoms with Gasteiger partial charge in [-0.1, -0.05) is 11.6 Å². The van der Waals surface area contributed by atoms with Crippen LogP contribution in [0.1, 0.15) is 11.6 Å². The van der Waals surface area contributed by atoms with E-state index in [0.717, 1.165) is 6.07 Å². The van der Waals surface area contributed by atoms with E-state index in [4.69, 9.17) is 23.1 Å². The maximum atomic E-state index is 13.1. The van der Waals surface area contributed by atoms with Crippen LogP contribution < -0.4 is 11.5 Å². The molecular formula is C8H10ClFN2O. The Balaban J connectivity index is 3.25. The minimum Gasteiger partial charge on any atom is -0.506 e. The van der Waals surface area contributed by atoms with E-state index >= 15 is 0 Å². The Kier molecular flexibility index (Phi) is 3.08. The predicted octanol–water partition coefficient (Wildman–Crippen LogP) is 1.14.